The number of rotatable bonds is 7. The maximum absolute atomic E-state index is 15.9. The predicted octanol–water partition coefficient (Wildman–Crippen LogP) is 6.57. The molecule has 5 nitrogen and oxygen atoms in total. The van der Waals surface area contributed by atoms with E-state index in [-0.39, 0.29) is 17.2 Å². The van der Waals surface area contributed by atoms with Crippen molar-refractivity contribution in [2.45, 2.75) is 44.2 Å². The minimum atomic E-state index is -0.705. The molecule has 2 unspecified atom stereocenters. The molecule has 5 rings (SSSR count). The lowest BCUT2D eigenvalue weighted by Crippen LogP contribution is -2.43. The van der Waals surface area contributed by atoms with Crippen LogP contribution in [0.15, 0.2) is 71.9 Å². The Balaban J connectivity index is 1.64. The number of esters is 1. The summed E-state index contributed by atoms with van der Waals surface area (Å²) in [5.41, 5.74) is 11.8. The number of ether oxygens (including phenoxy) is 1. The molecule has 2 N–H and O–H groups in total. The molecule has 1 fully saturated rings. The predicted molar refractivity (Wildman–Crippen MR) is 156 cm³/mol. The monoisotopic (exact) mass is 541 g/mol. The van der Waals surface area contributed by atoms with Crippen LogP contribution in [0.1, 0.15) is 65.1 Å². The first-order valence-corrected chi connectivity index (χ1v) is 13.4. The summed E-state index contributed by atoms with van der Waals surface area (Å²) in [4.78, 5) is 17.7. The summed E-state index contributed by atoms with van der Waals surface area (Å²) in [6.45, 7) is 2.08. The third-order valence-corrected chi connectivity index (χ3v) is 7.71. The second kappa shape index (κ2) is 11.5. The highest BCUT2D eigenvalue weighted by Gasteiger charge is 2.37. The Morgan fingerprint density at radius 3 is 2.38 bits per heavy atom. The van der Waals surface area contributed by atoms with Crippen LogP contribution in [-0.2, 0) is 16.0 Å². The number of methoxy groups -OCH3 is 1. The lowest BCUT2D eigenvalue weighted by molar-refractivity contribution is -0.134. The van der Waals surface area contributed by atoms with Crippen molar-refractivity contribution < 1.29 is 18.3 Å². The van der Waals surface area contributed by atoms with Gasteiger partial charge in [0.2, 0.25) is 0 Å². The van der Waals surface area contributed by atoms with E-state index in [1.807, 2.05) is 18.2 Å². The lowest BCUT2D eigenvalue weighted by atomic mass is 9.82. The van der Waals surface area contributed by atoms with E-state index in [1.54, 1.807) is 13.3 Å². The summed E-state index contributed by atoms with van der Waals surface area (Å²) in [5, 5.41) is 0. The fraction of sp³-hybridized carbons (Fsp3) is 0.273. The number of carbonyl (C=O) groups is 1. The summed E-state index contributed by atoms with van der Waals surface area (Å²) in [7, 11) is 2.93. The molecule has 0 aromatic heterocycles. The number of hydrogen-bond donors (Lipinski definition) is 1. The van der Waals surface area contributed by atoms with Gasteiger partial charge in [-0.1, -0.05) is 30.3 Å². The zero-order valence-electron chi connectivity index (χ0n) is 22.9. The van der Waals surface area contributed by atoms with E-state index in [0.29, 0.717) is 12.3 Å². The second-order valence-electron chi connectivity index (χ2n) is 10.4. The van der Waals surface area contributed by atoms with E-state index in [4.69, 9.17) is 5.73 Å². The molecule has 0 amide bonds. The van der Waals surface area contributed by atoms with Crippen LogP contribution in [0.3, 0.4) is 0 Å². The number of carbonyl (C=O) groups excluding carboxylic acids is 1. The van der Waals surface area contributed by atoms with Crippen molar-refractivity contribution in [1.82, 2.24) is 0 Å². The molecule has 3 aromatic rings. The van der Waals surface area contributed by atoms with Crippen molar-refractivity contribution in [2.75, 3.05) is 19.1 Å². The smallest absolute Gasteiger partial charge is 0.330 e. The maximum atomic E-state index is 15.9. The molecule has 0 radical (unpaired) electrons. The number of halogens is 2. The molecule has 7 heteroatoms. The fourth-order valence-corrected chi connectivity index (χ4v) is 5.63. The highest BCUT2D eigenvalue weighted by atomic mass is 19.1. The third-order valence-electron chi connectivity index (χ3n) is 7.71. The molecule has 2 atom stereocenters. The van der Waals surface area contributed by atoms with Gasteiger partial charge in [-0.05, 0) is 90.3 Å². The summed E-state index contributed by atoms with van der Waals surface area (Å²) >= 11 is 0. The first kappa shape index (κ1) is 27.3. The molecule has 1 heterocycles. The Kier molecular flexibility index (Phi) is 7.83. The molecule has 0 spiro atoms. The number of fused-ring (bicyclic) bond motifs is 1. The molecule has 206 valence electrons. The molecular formula is C33H33F2N3O2. The highest BCUT2D eigenvalue weighted by molar-refractivity contribution is 6.09. The van der Waals surface area contributed by atoms with E-state index < -0.39 is 23.6 Å². The Bertz CT molecular complexity index is 1480. The summed E-state index contributed by atoms with van der Waals surface area (Å²) in [5.74, 6) is -1.35. The van der Waals surface area contributed by atoms with Gasteiger partial charge < -0.3 is 15.4 Å². The molecular weight excluding hydrogens is 508 g/mol. The Hall–Kier alpha value is -4.26. The van der Waals surface area contributed by atoms with Gasteiger partial charge in [-0.3, -0.25) is 4.99 Å². The number of hydrogen-bond acceptors (Lipinski definition) is 5. The van der Waals surface area contributed by atoms with E-state index in [1.165, 1.54) is 49.9 Å². The van der Waals surface area contributed by atoms with Crippen molar-refractivity contribution in [3.63, 3.8) is 0 Å². The van der Waals surface area contributed by atoms with Gasteiger partial charge in [0.1, 0.15) is 11.6 Å². The molecule has 1 aliphatic heterocycles. The van der Waals surface area contributed by atoms with Gasteiger partial charge in [0.05, 0.1) is 18.7 Å². The number of aliphatic imine (C=N–C) groups is 1. The van der Waals surface area contributed by atoms with Crippen LogP contribution in [0.5, 0.6) is 0 Å². The average molecular weight is 542 g/mol. The van der Waals surface area contributed by atoms with Crippen molar-refractivity contribution in [3.8, 4) is 0 Å². The summed E-state index contributed by atoms with van der Waals surface area (Å²) in [6.07, 6.45) is 8.78. The van der Waals surface area contributed by atoms with Crippen molar-refractivity contribution >= 4 is 29.5 Å². The van der Waals surface area contributed by atoms with Gasteiger partial charge in [0.15, 0.2) is 0 Å². The first-order valence-electron chi connectivity index (χ1n) is 13.4. The maximum Gasteiger partial charge on any atom is 0.330 e. The van der Waals surface area contributed by atoms with Crippen LogP contribution >= 0.6 is 0 Å². The Labute approximate surface area is 233 Å². The summed E-state index contributed by atoms with van der Waals surface area (Å²) < 4.78 is 36.4. The molecule has 40 heavy (non-hydrogen) atoms. The molecule has 3 aromatic carbocycles. The zero-order chi connectivity index (χ0) is 28.4. The number of nitrogens with zero attached hydrogens (tertiary/aromatic N) is 2. The van der Waals surface area contributed by atoms with Crippen molar-refractivity contribution in [1.29, 1.82) is 0 Å². The van der Waals surface area contributed by atoms with E-state index >= 15 is 8.78 Å². The van der Waals surface area contributed by atoms with Crippen LogP contribution < -0.4 is 10.6 Å². The van der Waals surface area contributed by atoms with E-state index in [9.17, 15) is 4.79 Å². The van der Waals surface area contributed by atoms with Crippen LogP contribution in [0.4, 0.5) is 14.5 Å². The molecule has 0 saturated heterocycles. The first-order chi connectivity index (χ1) is 19.3. The average Bonchev–Trinajstić information content (AvgIpc) is 3.80. The molecule has 1 saturated carbocycles. The van der Waals surface area contributed by atoms with E-state index in [0.717, 1.165) is 34.0 Å². The number of nitrogens with two attached hydrogens (primary N) is 1. The third kappa shape index (κ3) is 5.41. The van der Waals surface area contributed by atoms with Crippen LogP contribution in [0.25, 0.3) is 11.6 Å². The van der Waals surface area contributed by atoms with Crippen LogP contribution in [0, 0.1) is 11.6 Å². The quantitative estimate of drug-likeness (QED) is 0.209. The SMILES string of the molecule is CN=CC(=CN)c1ccc2c(c1)CC(C)N(c1ccc(C3CC3)cc1)C2c1c(F)cc(/C=C/C(=O)OC)cc1F. The lowest BCUT2D eigenvalue weighted by Gasteiger charge is -2.44. The second-order valence-corrected chi connectivity index (χ2v) is 10.4. The van der Waals surface area contributed by atoms with Gasteiger partial charge in [-0.25, -0.2) is 13.6 Å². The number of anilines is 1. The molecule has 1 aliphatic carbocycles. The number of benzene rings is 3. The van der Waals surface area contributed by atoms with Gasteiger partial charge in [0.25, 0.3) is 0 Å². The standard InChI is InChI=1S/C33H33F2N3O2/c1-20-14-25-17-24(26(18-36)19-37-2)9-12-28(25)33(38(20)27-10-7-23(8-11-27)22-5-6-22)32-29(34)15-21(16-30(32)35)4-13-31(39)40-3/h4,7-13,15-20,22,33H,5-6,14,36H2,1-3H3/b13-4+,26-18?,37-19?. The van der Waals surface area contributed by atoms with Gasteiger partial charge in [-0.15, -0.1) is 0 Å². The van der Waals surface area contributed by atoms with Gasteiger partial charge in [-0.2, -0.15) is 0 Å². The molecule has 0 bridgehead atoms. The molecule has 2 aliphatic rings. The van der Waals surface area contributed by atoms with Crippen LogP contribution in [-0.4, -0.2) is 32.4 Å². The topological polar surface area (TPSA) is 67.9 Å². The zero-order valence-corrected chi connectivity index (χ0v) is 22.9. The van der Waals surface area contributed by atoms with Gasteiger partial charge >= 0.3 is 5.97 Å². The van der Waals surface area contributed by atoms with Crippen molar-refractivity contribution in [3.05, 3.63) is 112 Å². The normalized spacial score (nSPS) is 19.3. The largest absolute Gasteiger partial charge is 0.466 e. The van der Waals surface area contributed by atoms with E-state index in [2.05, 4.69) is 45.8 Å². The van der Waals surface area contributed by atoms with Crippen LogP contribution in [0.2, 0.25) is 0 Å². The minimum absolute atomic E-state index is 0.0354. The van der Waals surface area contributed by atoms with Crippen molar-refractivity contribution in [2.24, 2.45) is 10.7 Å². The highest BCUT2D eigenvalue weighted by Crippen LogP contribution is 2.45. The van der Waals surface area contributed by atoms with Gasteiger partial charge in [0, 0.05) is 42.8 Å². The minimum Gasteiger partial charge on any atom is -0.466 e. The fourth-order valence-electron chi connectivity index (χ4n) is 5.63. The number of allylic oxidation sites excluding steroid dienone is 1. The Morgan fingerprint density at radius 2 is 1.77 bits per heavy atom. The Morgan fingerprint density at radius 1 is 1.07 bits per heavy atom. The summed E-state index contributed by atoms with van der Waals surface area (Å²) in [6, 6.07) is 16.0.